The van der Waals surface area contributed by atoms with Crippen LogP contribution in [0.1, 0.15) is 20.8 Å². The Morgan fingerprint density at radius 2 is 1.67 bits per heavy atom. The Balaban J connectivity index is -0.000000405. The van der Waals surface area contributed by atoms with Crippen LogP contribution in [-0.4, -0.2) is 11.6 Å². The Hall–Kier alpha value is -0.164. The topological polar surface area (TPSA) is 26.3 Å². The van der Waals surface area contributed by atoms with Crippen molar-refractivity contribution in [1.82, 2.24) is 0 Å². The second kappa shape index (κ2) is 6.36. The molecule has 0 atom stereocenters. The van der Waals surface area contributed by atoms with Crippen LogP contribution in [0.3, 0.4) is 0 Å². The molecule has 0 saturated heterocycles. The molecular formula is C7H12F2O2Os. The zero-order valence-corrected chi connectivity index (χ0v) is 9.97. The van der Waals surface area contributed by atoms with Crippen LogP contribution in [0.2, 0.25) is 0 Å². The summed E-state index contributed by atoms with van der Waals surface area (Å²) in [5.74, 6) is -1.55. The minimum absolute atomic E-state index is 0. The molecule has 0 bridgehead atoms. The summed E-state index contributed by atoms with van der Waals surface area (Å²) in [5.41, 5.74) is -0.847. The first-order chi connectivity index (χ1) is 4.33. The molecule has 0 radical (unpaired) electrons. The number of ether oxygens (including phenoxy) is 1. The normalized spacial score (nSPS) is 9.08. The van der Waals surface area contributed by atoms with E-state index >= 15 is 0 Å². The molecule has 0 spiro atoms. The van der Waals surface area contributed by atoms with E-state index in [9.17, 15) is 13.6 Å². The first-order valence-corrected chi connectivity index (χ1v) is 2.74. The van der Waals surface area contributed by atoms with Crippen LogP contribution in [-0.2, 0) is 29.3 Å². The van der Waals surface area contributed by atoms with Crippen molar-refractivity contribution in [3.05, 3.63) is 13.9 Å². The van der Waals surface area contributed by atoms with Gasteiger partial charge in [0.25, 0.3) is 0 Å². The van der Waals surface area contributed by atoms with Gasteiger partial charge in [0.15, 0.2) is 0 Å². The second-order valence-corrected chi connectivity index (χ2v) is 2.76. The van der Waals surface area contributed by atoms with Crippen LogP contribution in [0, 0.1) is 13.9 Å². The molecule has 0 aliphatic heterocycles. The van der Waals surface area contributed by atoms with Gasteiger partial charge in [-0.1, -0.05) is 0 Å². The zero-order chi connectivity index (χ0) is 8.36. The van der Waals surface area contributed by atoms with Gasteiger partial charge in [-0.15, -0.1) is 0 Å². The summed E-state index contributed by atoms with van der Waals surface area (Å²) in [6.45, 7) is 4.57. The van der Waals surface area contributed by atoms with Crippen LogP contribution >= 0.6 is 0 Å². The first kappa shape index (κ1) is 17.8. The number of hydrogen-bond acceptors (Lipinski definition) is 2. The molecule has 0 amide bonds. The smallest absolute Gasteiger partial charge is 0.478 e. The van der Waals surface area contributed by atoms with Gasteiger partial charge in [-0.2, -0.15) is 0 Å². The molecule has 0 fully saturated rings. The third-order valence-electron chi connectivity index (χ3n) is 0.553. The summed E-state index contributed by atoms with van der Waals surface area (Å²) in [6, 6.07) is 0. The van der Waals surface area contributed by atoms with Gasteiger partial charge in [-0.25, -0.2) is 0 Å². The van der Waals surface area contributed by atoms with Crippen LogP contribution in [0.25, 0.3) is 0 Å². The Morgan fingerprint density at radius 3 is 1.75 bits per heavy atom. The Morgan fingerprint density at radius 1 is 1.33 bits per heavy atom. The Labute approximate surface area is 84.7 Å². The second-order valence-electron chi connectivity index (χ2n) is 2.76. The molecule has 0 aliphatic rings. The number of halogens is 2. The minimum atomic E-state index is -2.31. The number of carbonyl (C=O) groups excluding carboxylic acids is 1. The van der Waals surface area contributed by atoms with E-state index in [4.69, 9.17) is 0 Å². The fraction of sp³-hybridized carbons (Fsp3) is 0.571. The molecule has 0 aliphatic carbocycles. The molecule has 5 heteroatoms. The molecule has 12 heavy (non-hydrogen) atoms. The van der Waals surface area contributed by atoms with Gasteiger partial charge >= 0.3 is 19.8 Å². The molecule has 0 N–H and O–H groups in total. The summed E-state index contributed by atoms with van der Waals surface area (Å²) >= 11 is 0. The first-order valence-electron chi connectivity index (χ1n) is 2.74. The van der Waals surface area contributed by atoms with E-state index in [1.807, 2.05) is 0 Å². The molecule has 0 aromatic heterocycles. The van der Waals surface area contributed by atoms with Gasteiger partial charge in [0, 0.05) is 6.43 Å². The fourth-order valence-corrected chi connectivity index (χ4v) is 0.317. The average molecular weight is 356 g/mol. The van der Waals surface area contributed by atoms with Crippen molar-refractivity contribution in [3.8, 4) is 0 Å². The Bertz CT molecular complexity index is 132. The number of carbonyl (C=O) groups is 1. The van der Waals surface area contributed by atoms with Crippen LogP contribution in [0.5, 0.6) is 0 Å². The quantitative estimate of drug-likeness (QED) is 0.532. The molecule has 74 valence electrons. The minimum Gasteiger partial charge on any atom is -0.478 e. The summed E-state index contributed by atoms with van der Waals surface area (Å²) < 4.78 is 27.1. The summed E-state index contributed by atoms with van der Waals surface area (Å²) in [4.78, 5) is 10.1. The van der Waals surface area contributed by atoms with Crippen molar-refractivity contribution in [1.29, 1.82) is 0 Å². The molecule has 0 aromatic carbocycles. The summed E-state index contributed by atoms with van der Waals surface area (Å²) in [7, 11) is 0. The van der Waals surface area contributed by atoms with Gasteiger partial charge in [0.05, 0.1) is 0 Å². The molecule has 0 unspecified atom stereocenters. The number of rotatable bonds is 1. The van der Waals surface area contributed by atoms with Crippen LogP contribution < -0.4 is 0 Å². The van der Waals surface area contributed by atoms with Gasteiger partial charge in [0.2, 0.25) is 5.97 Å². The van der Waals surface area contributed by atoms with Crippen molar-refractivity contribution in [2.45, 2.75) is 26.4 Å². The van der Waals surface area contributed by atoms with E-state index < -0.39 is 18.0 Å². The van der Waals surface area contributed by atoms with E-state index in [1.54, 1.807) is 0 Å². The standard InChI is InChI=1S/C6H9F2O2.CH3.Os/c1-6(2,3)10-5(9)4(7)8;;/h1-3H3;1H3;/q2*-1;+2. The maximum absolute atomic E-state index is 11.4. The van der Waals surface area contributed by atoms with Crippen LogP contribution in [0.4, 0.5) is 8.78 Å². The van der Waals surface area contributed by atoms with Gasteiger partial charge in [-0.3, -0.25) is 4.79 Å². The molecule has 0 heterocycles. The Kier molecular flexibility index (Phi) is 9.44. The molecule has 0 aromatic rings. The summed E-state index contributed by atoms with van der Waals surface area (Å²) in [6.07, 6.45) is -2.31. The van der Waals surface area contributed by atoms with E-state index in [-0.39, 0.29) is 27.2 Å². The SMILES string of the molecule is CC(C)(C)OC(=O)[C-](F)F.[CH3-].[Os+2]. The monoisotopic (exact) mass is 358 g/mol. The van der Waals surface area contributed by atoms with Crippen molar-refractivity contribution < 1.29 is 38.1 Å². The van der Waals surface area contributed by atoms with Gasteiger partial charge in [0.1, 0.15) is 5.60 Å². The van der Waals surface area contributed by atoms with Gasteiger partial charge in [-0.05, 0) is 20.8 Å². The number of esters is 1. The van der Waals surface area contributed by atoms with Crippen molar-refractivity contribution in [2.75, 3.05) is 0 Å². The third kappa shape index (κ3) is 9.84. The predicted octanol–water partition coefficient (Wildman–Crippen LogP) is 2.20. The van der Waals surface area contributed by atoms with E-state index in [1.165, 1.54) is 20.8 Å². The van der Waals surface area contributed by atoms with Gasteiger partial charge < -0.3 is 20.9 Å². The molecule has 0 rings (SSSR count). The molecule has 0 saturated carbocycles. The molecular weight excluding hydrogens is 344 g/mol. The maximum atomic E-state index is 11.4. The van der Waals surface area contributed by atoms with Crippen LogP contribution in [0.15, 0.2) is 0 Å². The van der Waals surface area contributed by atoms with Crippen molar-refractivity contribution >= 4 is 5.97 Å². The van der Waals surface area contributed by atoms with E-state index in [2.05, 4.69) is 4.74 Å². The zero-order valence-electron chi connectivity index (χ0n) is 7.43. The number of hydrogen-bond donors (Lipinski definition) is 0. The van der Waals surface area contributed by atoms with Crippen molar-refractivity contribution in [2.24, 2.45) is 0 Å². The molecule has 2 nitrogen and oxygen atoms in total. The predicted molar refractivity (Wildman–Crippen MR) is 37.7 cm³/mol. The van der Waals surface area contributed by atoms with E-state index in [0.717, 1.165) is 0 Å². The maximum Gasteiger partial charge on any atom is 2.00 e. The largest absolute Gasteiger partial charge is 2.00 e. The summed E-state index contributed by atoms with van der Waals surface area (Å²) in [5, 5.41) is 0. The third-order valence-corrected chi connectivity index (χ3v) is 0.553. The average Bonchev–Trinajstić information content (AvgIpc) is 1.60. The fourth-order valence-electron chi connectivity index (χ4n) is 0.317. The van der Waals surface area contributed by atoms with E-state index in [0.29, 0.717) is 0 Å². The van der Waals surface area contributed by atoms with Crippen molar-refractivity contribution in [3.63, 3.8) is 0 Å².